The first kappa shape index (κ1) is 3.38. The third kappa shape index (κ3) is 0.524. The Morgan fingerprint density at radius 3 is 2.20 bits per heavy atom. The Kier molecular flexibility index (Phi) is 0.753. The molecular weight excluding hydrogens is 87.0 g/mol. The third-order valence-corrected chi connectivity index (χ3v) is 1.71. The first-order valence-electron chi connectivity index (χ1n) is 1.55. The molecule has 3 heteroatoms. The first-order chi connectivity index (χ1) is 2.39. The molecule has 0 aromatic heterocycles. The van der Waals surface area contributed by atoms with Crippen LogP contribution in [0.25, 0.3) is 0 Å². The molecule has 0 aromatic carbocycles. The summed E-state index contributed by atoms with van der Waals surface area (Å²) in [7, 11) is -1.44. The van der Waals surface area contributed by atoms with Crippen LogP contribution in [-0.2, 0) is 9.09 Å². The van der Waals surface area contributed by atoms with Crippen molar-refractivity contribution in [3.05, 3.63) is 0 Å². The molecule has 0 aromatic rings. The molecule has 0 amide bonds. The second kappa shape index (κ2) is 1.11. The molecule has 1 aliphatic heterocycles. The molecule has 0 unspecified atom stereocenters. The van der Waals surface area contributed by atoms with Gasteiger partial charge in [0.2, 0.25) is 0 Å². The van der Waals surface area contributed by atoms with Crippen molar-refractivity contribution in [2.24, 2.45) is 0 Å². The summed E-state index contributed by atoms with van der Waals surface area (Å²) in [6.45, 7) is 0.720. The average molecular weight is 92.0 g/mol. The largest absolute Gasteiger partial charge is 0.330 e. The molecule has 0 bridgehead atoms. The summed E-state index contributed by atoms with van der Waals surface area (Å²) in [6.07, 6.45) is 0.810. The second-order valence-electron chi connectivity index (χ2n) is 0.970. The highest BCUT2D eigenvalue weighted by Gasteiger charge is 2.07. The van der Waals surface area contributed by atoms with Gasteiger partial charge in [-0.25, -0.2) is 0 Å². The van der Waals surface area contributed by atoms with Crippen LogP contribution in [0.1, 0.15) is 0 Å². The Morgan fingerprint density at radius 2 is 2.20 bits per heavy atom. The molecule has 1 saturated heterocycles. The quantitative estimate of drug-likeness (QED) is 0.406. The summed E-state index contributed by atoms with van der Waals surface area (Å²) in [4.78, 5) is 0. The Hall–Kier alpha value is 0.190. The van der Waals surface area contributed by atoms with Crippen LogP contribution in [0.5, 0.6) is 0 Å². The van der Waals surface area contributed by atoms with Crippen LogP contribution in [0, 0.1) is 0 Å². The van der Waals surface area contributed by atoms with Gasteiger partial charge in [0.1, 0.15) is 0 Å². The summed E-state index contributed by atoms with van der Waals surface area (Å²) in [6, 6.07) is 0. The molecule has 1 atom stereocenters. The van der Waals surface area contributed by atoms with Gasteiger partial charge in [-0.05, 0) is 0 Å². The van der Waals surface area contributed by atoms with Crippen molar-refractivity contribution in [2.45, 2.75) is 0 Å². The zero-order valence-electron chi connectivity index (χ0n) is 2.73. The van der Waals surface area contributed by atoms with E-state index in [-0.39, 0.29) is 0 Å². The van der Waals surface area contributed by atoms with Crippen molar-refractivity contribution in [3.8, 4) is 0 Å². The van der Waals surface area contributed by atoms with E-state index in [1.54, 1.807) is 0 Å². The van der Waals surface area contributed by atoms with Crippen molar-refractivity contribution >= 4 is 8.03 Å². The van der Waals surface area contributed by atoms with Crippen LogP contribution in [-0.4, -0.2) is 12.8 Å². The fraction of sp³-hybridized carbons (Fsp3) is 1.00. The molecule has 0 aliphatic carbocycles. The minimum Gasteiger partial charge on any atom is -0.330 e. The van der Waals surface area contributed by atoms with E-state index in [1.165, 1.54) is 0 Å². The standard InChI is InChI=1S/C2H5O2P/c3-5-2-1-4-5/h5H,1-2H2. The highest BCUT2D eigenvalue weighted by atomic mass is 31.1. The van der Waals surface area contributed by atoms with E-state index >= 15 is 0 Å². The maximum absolute atomic E-state index is 9.86. The first-order valence-corrected chi connectivity index (χ1v) is 3.07. The molecule has 0 N–H and O–H groups in total. The van der Waals surface area contributed by atoms with Crippen molar-refractivity contribution in [1.29, 1.82) is 0 Å². The summed E-state index contributed by atoms with van der Waals surface area (Å²) < 4.78 is 14.3. The lowest BCUT2D eigenvalue weighted by Gasteiger charge is -2.09. The predicted octanol–water partition coefficient (Wildman–Crippen LogP) is 0.491. The van der Waals surface area contributed by atoms with Crippen molar-refractivity contribution in [3.63, 3.8) is 0 Å². The maximum atomic E-state index is 9.86. The number of hydrogen-bond donors (Lipinski definition) is 0. The van der Waals surface area contributed by atoms with Crippen LogP contribution in [0.3, 0.4) is 0 Å². The summed E-state index contributed by atoms with van der Waals surface area (Å²) in [5.41, 5.74) is 0. The fourth-order valence-electron chi connectivity index (χ4n) is 0.185. The summed E-state index contributed by atoms with van der Waals surface area (Å²) in [5, 5.41) is 0. The normalized spacial score (nSPS) is 36.4. The summed E-state index contributed by atoms with van der Waals surface area (Å²) >= 11 is 0. The molecular formula is C2H5O2P. The van der Waals surface area contributed by atoms with Gasteiger partial charge in [0.15, 0.2) is 8.03 Å². The smallest absolute Gasteiger partial charge is 0.193 e. The zero-order valence-corrected chi connectivity index (χ0v) is 3.73. The van der Waals surface area contributed by atoms with Gasteiger partial charge < -0.3 is 4.52 Å². The monoisotopic (exact) mass is 92.0 g/mol. The van der Waals surface area contributed by atoms with E-state index in [2.05, 4.69) is 4.52 Å². The molecule has 1 heterocycles. The van der Waals surface area contributed by atoms with E-state index in [9.17, 15) is 4.57 Å². The van der Waals surface area contributed by atoms with Gasteiger partial charge in [-0.2, -0.15) is 0 Å². The van der Waals surface area contributed by atoms with E-state index in [4.69, 9.17) is 0 Å². The number of rotatable bonds is 0. The third-order valence-electron chi connectivity index (χ3n) is 0.569. The predicted molar refractivity (Wildman–Crippen MR) is 19.8 cm³/mol. The lowest BCUT2D eigenvalue weighted by molar-refractivity contribution is 0.300. The SMILES string of the molecule is O=[P@@H]1CCO1. The Bertz CT molecular complexity index is 54.7. The minimum atomic E-state index is -1.44. The molecule has 5 heavy (non-hydrogen) atoms. The van der Waals surface area contributed by atoms with Gasteiger partial charge in [-0.15, -0.1) is 0 Å². The molecule has 2 nitrogen and oxygen atoms in total. The van der Waals surface area contributed by atoms with Gasteiger partial charge in [-0.3, -0.25) is 4.57 Å². The fourth-order valence-corrected chi connectivity index (χ4v) is 0.556. The van der Waals surface area contributed by atoms with Crippen LogP contribution in [0.4, 0.5) is 0 Å². The highest BCUT2D eigenvalue weighted by Crippen LogP contribution is 2.30. The van der Waals surface area contributed by atoms with Crippen molar-refractivity contribution < 1.29 is 9.09 Å². The molecule has 0 spiro atoms. The minimum absolute atomic E-state index is 0.720. The maximum Gasteiger partial charge on any atom is 0.193 e. The average Bonchev–Trinajstić information content (AvgIpc) is 1.30. The van der Waals surface area contributed by atoms with Gasteiger partial charge in [-0.1, -0.05) is 0 Å². The van der Waals surface area contributed by atoms with Crippen LogP contribution >= 0.6 is 8.03 Å². The molecule has 30 valence electrons. The van der Waals surface area contributed by atoms with E-state index in [0.29, 0.717) is 0 Å². The Morgan fingerprint density at radius 1 is 1.80 bits per heavy atom. The molecule has 0 radical (unpaired) electrons. The molecule has 1 aliphatic rings. The van der Waals surface area contributed by atoms with Gasteiger partial charge in [0.05, 0.1) is 6.61 Å². The zero-order chi connectivity index (χ0) is 3.70. The van der Waals surface area contributed by atoms with E-state index in [1.807, 2.05) is 0 Å². The van der Waals surface area contributed by atoms with Gasteiger partial charge >= 0.3 is 0 Å². The molecule has 1 rings (SSSR count). The molecule has 0 saturated carbocycles. The Balaban J connectivity index is 2.32. The Labute approximate surface area is 31.0 Å². The van der Waals surface area contributed by atoms with Crippen LogP contribution in [0.2, 0.25) is 0 Å². The van der Waals surface area contributed by atoms with Crippen LogP contribution < -0.4 is 0 Å². The number of hydrogen-bond acceptors (Lipinski definition) is 2. The van der Waals surface area contributed by atoms with Crippen molar-refractivity contribution in [1.82, 2.24) is 0 Å². The summed E-state index contributed by atoms with van der Waals surface area (Å²) in [5.74, 6) is 0. The van der Waals surface area contributed by atoms with E-state index < -0.39 is 8.03 Å². The topological polar surface area (TPSA) is 26.3 Å². The molecule has 1 fully saturated rings. The van der Waals surface area contributed by atoms with Gasteiger partial charge in [0, 0.05) is 6.16 Å². The lowest BCUT2D eigenvalue weighted by Crippen LogP contribution is -2.01. The van der Waals surface area contributed by atoms with Crippen LogP contribution in [0.15, 0.2) is 0 Å². The van der Waals surface area contributed by atoms with Crippen molar-refractivity contribution in [2.75, 3.05) is 12.8 Å². The second-order valence-corrected chi connectivity index (χ2v) is 2.50. The highest BCUT2D eigenvalue weighted by molar-refractivity contribution is 7.40. The van der Waals surface area contributed by atoms with Gasteiger partial charge in [0.25, 0.3) is 0 Å². The van der Waals surface area contributed by atoms with E-state index in [0.717, 1.165) is 12.8 Å². The lowest BCUT2D eigenvalue weighted by atomic mass is 10.9.